The zero-order valence-corrected chi connectivity index (χ0v) is 15.8. The van der Waals surface area contributed by atoms with Crippen molar-refractivity contribution in [1.29, 1.82) is 0 Å². The number of pyridine rings is 1. The van der Waals surface area contributed by atoms with E-state index >= 15 is 0 Å². The Morgan fingerprint density at radius 1 is 1.19 bits per heavy atom. The van der Waals surface area contributed by atoms with Crippen LogP contribution in [0.2, 0.25) is 5.02 Å². The summed E-state index contributed by atoms with van der Waals surface area (Å²) in [5, 5.41) is 11.3. The summed E-state index contributed by atoms with van der Waals surface area (Å²) >= 11 is 7.41. The Morgan fingerprint density at radius 2 is 2.00 bits per heavy atom. The van der Waals surface area contributed by atoms with Gasteiger partial charge >= 0.3 is 0 Å². The zero-order valence-electron chi connectivity index (χ0n) is 14.2. The van der Waals surface area contributed by atoms with Gasteiger partial charge in [0.05, 0.1) is 23.8 Å². The molecule has 0 radical (unpaired) electrons. The first-order valence-electron chi connectivity index (χ1n) is 8.54. The minimum Gasteiger partial charge on any atom is -0.389 e. The van der Waals surface area contributed by atoms with Crippen LogP contribution in [-0.2, 0) is 14.2 Å². The van der Waals surface area contributed by atoms with E-state index in [1.54, 1.807) is 12.4 Å². The Morgan fingerprint density at radius 3 is 2.77 bits per heavy atom. The normalized spacial score (nSPS) is 34.3. The zero-order chi connectivity index (χ0) is 18.1. The summed E-state index contributed by atoms with van der Waals surface area (Å²) in [4.78, 5) is 4.93. The van der Waals surface area contributed by atoms with Crippen molar-refractivity contribution in [1.82, 2.24) is 4.98 Å². The molecule has 0 bridgehead atoms. The Kier molecular flexibility index (Phi) is 5.50. The van der Waals surface area contributed by atoms with Gasteiger partial charge in [0.15, 0.2) is 6.29 Å². The number of halogens is 1. The first-order valence-corrected chi connectivity index (χ1v) is 9.80. The summed E-state index contributed by atoms with van der Waals surface area (Å²) in [6, 6.07) is 11.6. The third-order valence-corrected chi connectivity index (χ3v) is 6.03. The maximum Gasteiger partial charge on any atom is 0.184 e. The second-order valence-corrected chi connectivity index (χ2v) is 8.13. The SMILES string of the molecule is CC1C(O)[C@@H](Sc2cncc(Cl)c2)OC2COC(c3ccccc3)O[C@@H]21. The maximum absolute atomic E-state index is 10.7. The molecule has 0 saturated carbocycles. The number of hydrogen-bond donors (Lipinski definition) is 1. The third-order valence-electron chi connectivity index (χ3n) is 4.71. The first kappa shape index (κ1) is 18.2. The lowest BCUT2D eigenvalue weighted by Gasteiger charge is -2.47. The summed E-state index contributed by atoms with van der Waals surface area (Å²) in [6.45, 7) is 2.41. The monoisotopic (exact) mass is 393 g/mol. The molecule has 138 valence electrons. The van der Waals surface area contributed by atoms with Crippen molar-refractivity contribution < 1.29 is 19.3 Å². The molecule has 6 atom stereocenters. The van der Waals surface area contributed by atoms with E-state index in [-0.39, 0.29) is 18.1 Å². The van der Waals surface area contributed by atoms with Gasteiger partial charge in [0.25, 0.3) is 0 Å². The Balaban J connectivity index is 1.46. The smallest absolute Gasteiger partial charge is 0.184 e. The van der Waals surface area contributed by atoms with Crippen molar-refractivity contribution in [3.05, 3.63) is 59.4 Å². The molecule has 2 fully saturated rings. The largest absolute Gasteiger partial charge is 0.389 e. The average Bonchev–Trinajstić information content (AvgIpc) is 2.66. The Labute approximate surface area is 161 Å². The van der Waals surface area contributed by atoms with E-state index < -0.39 is 17.8 Å². The van der Waals surface area contributed by atoms with Crippen LogP contribution in [0.3, 0.4) is 0 Å². The molecule has 1 aromatic carbocycles. The van der Waals surface area contributed by atoms with E-state index in [0.29, 0.717) is 11.6 Å². The highest BCUT2D eigenvalue weighted by Gasteiger charge is 2.47. The highest BCUT2D eigenvalue weighted by molar-refractivity contribution is 7.99. The van der Waals surface area contributed by atoms with Crippen LogP contribution in [0.5, 0.6) is 0 Å². The van der Waals surface area contributed by atoms with Gasteiger partial charge in [-0.3, -0.25) is 4.98 Å². The van der Waals surface area contributed by atoms with Crippen LogP contribution in [0.4, 0.5) is 0 Å². The first-order chi connectivity index (χ1) is 12.6. The highest BCUT2D eigenvalue weighted by atomic mass is 35.5. The van der Waals surface area contributed by atoms with Crippen molar-refractivity contribution in [3.8, 4) is 0 Å². The fourth-order valence-corrected chi connectivity index (χ4v) is 4.70. The number of aliphatic hydroxyl groups excluding tert-OH is 1. The van der Waals surface area contributed by atoms with Gasteiger partial charge in [-0.2, -0.15) is 0 Å². The molecule has 1 aromatic heterocycles. The summed E-state index contributed by atoms with van der Waals surface area (Å²) < 4.78 is 18.1. The van der Waals surface area contributed by atoms with Gasteiger partial charge in [-0.05, 0) is 6.07 Å². The maximum atomic E-state index is 10.7. The summed E-state index contributed by atoms with van der Waals surface area (Å²) in [7, 11) is 0. The van der Waals surface area contributed by atoms with Crippen LogP contribution >= 0.6 is 23.4 Å². The molecular weight excluding hydrogens is 374 g/mol. The lowest BCUT2D eigenvalue weighted by atomic mass is 9.91. The lowest BCUT2D eigenvalue weighted by Crippen LogP contribution is -2.57. The molecule has 4 unspecified atom stereocenters. The minimum atomic E-state index is -0.672. The van der Waals surface area contributed by atoms with Crippen molar-refractivity contribution in [2.24, 2.45) is 5.92 Å². The molecule has 2 saturated heterocycles. The second-order valence-electron chi connectivity index (χ2n) is 6.53. The van der Waals surface area contributed by atoms with Gasteiger partial charge in [-0.1, -0.05) is 60.6 Å². The van der Waals surface area contributed by atoms with Gasteiger partial charge in [-0.25, -0.2) is 0 Å². The summed E-state index contributed by atoms with van der Waals surface area (Å²) in [5.41, 5.74) is 0.543. The van der Waals surface area contributed by atoms with E-state index in [0.717, 1.165) is 10.5 Å². The molecule has 1 N–H and O–H groups in total. The number of thioether (sulfide) groups is 1. The van der Waals surface area contributed by atoms with Crippen LogP contribution in [0.1, 0.15) is 18.8 Å². The molecule has 0 spiro atoms. The molecule has 26 heavy (non-hydrogen) atoms. The Hall–Kier alpha value is -1.15. The summed E-state index contributed by atoms with van der Waals surface area (Å²) in [6.07, 6.45) is 1.74. The van der Waals surface area contributed by atoms with Crippen LogP contribution < -0.4 is 0 Å². The van der Waals surface area contributed by atoms with Crippen LogP contribution in [0.15, 0.2) is 53.7 Å². The van der Waals surface area contributed by atoms with Gasteiger partial charge < -0.3 is 19.3 Å². The average molecular weight is 394 g/mol. The number of rotatable bonds is 3. The van der Waals surface area contributed by atoms with E-state index in [1.807, 2.05) is 43.3 Å². The van der Waals surface area contributed by atoms with E-state index in [9.17, 15) is 5.11 Å². The fraction of sp³-hybridized carbons (Fsp3) is 0.421. The number of fused-ring (bicyclic) bond motifs is 1. The van der Waals surface area contributed by atoms with Crippen molar-refractivity contribution >= 4 is 23.4 Å². The quantitative estimate of drug-likeness (QED) is 0.858. The van der Waals surface area contributed by atoms with Crippen molar-refractivity contribution in [2.75, 3.05) is 6.61 Å². The number of aliphatic hydroxyl groups is 1. The van der Waals surface area contributed by atoms with Gasteiger partial charge in [0.2, 0.25) is 0 Å². The third kappa shape index (κ3) is 3.76. The molecule has 0 amide bonds. The molecule has 3 heterocycles. The van der Waals surface area contributed by atoms with E-state index in [1.165, 1.54) is 11.8 Å². The topological polar surface area (TPSA) is 60.8 Å². The van der Waals surface area contributed by atoms with Crippen molar-refractivity contribution in [2.45, 2.75) is 41.9 Å². The van der Waals surface area contributed by atoms with Gasteiger partial charge in [0.1, 0.15) is 11.5 Å². The minimum absolute atomic E-state index is 0.0893. The number of aromatic nitrogens is 1. The van der Waals surface area contributed by atoms with Gasteiger partial charge in [-0.15, -0.1) is 0 Å². The lowest BCUT2D eigenvalue weighted by molar-refractivity contribution is -0.307. The number of benzene rings is 1. The van der Waals surface area contributed by atoms with E-state index in [4.69, 9.17) is 25.8 Å². The molecule has 2 aliphatic heterocycles. The predicted octanol–water partition coefficient (Wildman–Crippen LogP) is 3.66. The predicted molar refractivity (Wildman–Crippen MR) is 98.9 cm³/mol. The van der Waals surface area contributed by atoms with E-state index in [2.05, 4.69) is 4.98 Å². The molecule has 2 aromatic rings. The summed E-state index contributed by atoms with van der Waals surface area (Å²) in [5.74, 6) is -0.0893. The fourth-order valence-electron chi connectivity index (χ4n) is 3.29. The number of ether oxygens (including phenoxy) is 3. The Bertz CT molecular complexity index is 747. The van der Waals surface area contributed by atoms with Crippen LogP contribution in [0.25, 0.3) is 0 Å². The van der Waals surface area contributed by atoms with Gasteiger partial charge in [0, 0.05) is 28.8 Å². The molecule has 4 rings (SSSR count). The van der Waals surface area contributed by atoms with Crippen LogP contribution in [-0.4, -0.2) is 40.4 Å². The highest BCUT2D eigenvalue weighted by Crippen LogP contribution is 2.41. The molecule has 7 heteroatoms. The standard InChI is InChI=1S/C19H20ClNO4S/c1-11-16(22)19(26-14-7-13(20)8-21-9-14)24-15-10-23-18(25-17(11)15)12-5-3-2-4-6-12/h2-9,11,15-19,22H,10H2,1H3/t11?,15?,16?,17-,18?,19-/m1/s1. The molecule has 5 nitrogen and oxygen atoms in total. The molecular formula is C19H20ClNO4S. The van der Waals surface area contributed by atoms with Crippen molar-refractivity contribution in [3.63, 3.8) is 0 Å². The number of hydrogen-bond acceptors (Lipinski definition) is 6. The molecule has 0 aliphatic carbocycles. The number of nitrogens with zero attached hydrogens (tertiary/aromatic N) is 1. The second kappa shape index (κ2) is 7.84. The van der Waals surface area contributed by atoms with Crippen LogP contribution in [0, 0.1) is 5.92 Å². The molecule has 2 aliphatic rings.